The predicted molar refractivity (Wildman–Crippen MR) is 91.8 cm³/mol. The standard InChI is InChI=1S/C17H31N3S/c1-5-7-15-16(10-18-13(2)3)21-17(19-15)12-20-9-6-8-14(4)11-20/h13-14,18H,5-12H2,1-4H3. The highest BCUT2D eigenvalue weighted by Crippen LogP contribution is 2.24. The van der Waals surface area contributed by atoms with Gasteiger partial charge in [0.25, 0.3) is 0 Å². The van der Waals surface area contributed by atoms with Crippen LogP contribution in [-0.2, 0) is 19.5 Å². The van der Waals surface area contributed by atoms with Gasteiger partial charge in [0.05, 0.1) is 12.2 Å². The summed E-state index contributed by atoms with van der Waals surface area (Å²) in [5.74, 6) is 0.843. The zero-order valence-electron chi connectivity index (χ0n) is 14.1. The van der Waals surface area contributed by atoms with Crippen LogP contribution in [0.5, 0.6) is 0 Å². The minimum absolute atomic E-state index is 0.535. The highest BCUT2D eigenvalue weighted by Gasteiger charge is 2.19. The van der Waals surface area contributed by atoms with E-state index in [1.54, 1.807) is 0 Å². The normalized spacial score (nSPS) is 20.3. The molecule has 1 atom stereocenters. The van der Waals surface area contributed by atoms with E-state index in [2.05, 4.69) is 37.9 Å². The molecule has 0 saturated carbocycles. The fourth-order valence-corrected chi connectivity index (χ4v) is 4.10. The molecular formula is C17H31N3S. The minimum atomic E-state index is 0.535. The number of piperidine rings is 1. The van der Waals surface area contributed by atoms with Crippen LogP contribution in [0.25, 0.3) is 0 Å². The Morgan fingerprint density at radius 2 is 2.24 bits per heavy atom. The number of thiazole rings is 1. The van der Waals surface area contributed by atoms with E-state index in [9.17, 15) is 0 Å². The summed E-state index contributed by atoms with van der Waals surface area (Å²) in [6.07, 6.45) is 5.02. The van der Waals surface area contributed by atoms with Gasteiger partial charge < -0.3 is 5.32 Å². The Labute approximate surface area is 134 Å². The average molecular weight is 310 g/mol. The van der Waals surface area contributed by atoms with Crippen molar-refractivity contribution in [2.24, 2.45) is 5.92 Å². The van der Waals surface area contributed by atoms with Crippen LogP contribution in [0.2, 0.25) is 0 Å². The topological polar surface area (TPSA) is 28.2 Å². The number of hydrogen-bond acceptors (Lipinski definition) is 4. The van der Waals surface area contributed by atoms with Gasteiger partial charge in [-0.15, -0.1) is 11.3 Å². The van der Waals surface area contributed by atoms with Gasteiger partial charge in [0, 0.05) is 24.0 Å². The molecular weight excluding hydrogens is 278 g/mol. The highest BCUT2D eigenvalue weighted by molar-refractivity contribution is 7.11. The van der Waals surface area contributed by atoms with Crippen molar-refractivity contribution in [2.75, 3.05) is 13.1 Å². The van der Waals surface area contributed by atoms with Crippen molar-refractivity contribution in [3.05, 3.63) is 15.6 Å². The summed E-state index contributed by atoms with van der Waals surface area (Å²) >= 11 is 1.92. The van der Waals surface area contributed by atoms with Crippen LogP contribution in [0.3, 0.4) is 0 Å². The maximum atomic E-state index is 4.93. The molecule has 0 radical (unpaired) electrons. The van der Waals surface area contributed by atoms with E-state index in [0.717, 1.165) is 25.4 Å². The molecule has 0 aliphatic carbocycles. The van der Waals surface area contributed by atoms with Crippen molar-refractivity contribution < 1.29 is 0 Å². The molecule has 0 bridgehead atoms. The molecule has 2 rings (SSSR count). The molecule has 1 saturated heterocycles. The van der Waals surface area contributed by atoms with E-state index < -0.39 is 0 Å². The molecule has 1 fully saturated rings. The molecule has 0 spiro atoms. The Morgan fingerprint density at radius 3 is 2.90 bits per heavy atom. The fourth-order valence-electron chi connectivity index (χ4n) is 2.99. The SMILES string of the molecule is CCCc1nc(CN2CCCC(C)C2)sc1CNC(C)C. The first kappa shape index (κ1) is 16.9. The van der Waals surface area contributed by atoms with Gasteiger partial charge in [0.1, 0.15) is 5.01 Å². The van der Waals surface area contributed by atoms with Crippen LogP contribution in [-0.4, -0.2) is 29.0 Å². The lowest BCUT2D eigenvalue weighted by molar-refractivity contribution is 0.176. The first-order valence-electron chi connectivity index (χ1n) is 8.51. The van der Waals surface area contributed by atoms with Gasteiger partial charge in [-0.05, 0) is 31.7 Å². The van der Waals surface area contributed by atoms with Crippen LogP contribution in [0.1, 0.15) is 62.5 Å². The summed E-state index contributed by atoms with van der Waals surface area (Å²) in [7, 11) is 0. The van der Waals surface area contributed by atoms with Crippen LogP contribution in [0, 0.1) is 5.92 Å². The maximum absolute atomic E-state index is 4.93. The molecule has 1 N–H and O–H groups in total. The summed E-state index contributed by atoms with van der Waals surface area (Å²) in [6.45, 7) is 13.5. The molecule has 0 aromatic carbocycles. The number of nitrogens with zero attached hydrogens (tertiary/aromatic N) is 2. The largest absolute Gasteiger partial charge is 0.310 e. The average Bonchev–Trinajstić information content (AvgIpc) is 2.79. The van der Waals surface area contributed by atoms with Gasteiger partial charge in [-0.1, -0.05) is 34.1 Å². The van der Waals surface area contributed by atoms with Crippen LogP contribution < -0.4 is 5.32 Å². The molecule has 1 aromatic rings. The summed E-state index contributed by atoms with van der Waals surface area (Å²) in [6, 6.07) is 0.535. The van der Waals surface area contributed by atoms with Gasteiger partial charge in [-0.25, -0.2) is 4.98 Å². The van der Waals surface area contributed by atoms with Crippen LogP contribution >= 0.6 is 11.3 Å². The first-order valence-corrected chi connectivity index (χ1v) is 9.33. The van der Waals surface area contributed by atoms with Crippen molar-refractivity contribution in [1.29, 1.82) is 0 Å². The molecule has 4 heteroatoms. The number of aryl methyl sites for hydroxylation is 1. The molecule has 0 amide bonds. The maximum Gasteiger partial charge on any atom is 0.107 e. The summed E-state index contributed by atoms with van der Waals surface area (Å²) in [4.78, 5) is 8.97. The molecule has 120 valence electrons. The monoisotopic (exact) mass is 309 g/mol. The van der Waals surface area contributed by atoms with Crippen LogP contribution in [0.4, 0.5) is 0 Å². The Kier molecular flexibility index (Phi) is 6.65. The highest BCUT2D eigenvalue weighted by atomic mass is 32.1. The smallest absolute Gasteiger partial charge is 0.107 e. The van der Waals surface area contributed by atoms with Gasteiger partial charge in [-0.2, -0.15) is 0 Å². The molecule has 1 aliphatic rings. The summed E-state index contributed by atoms with van der Waals surface area (Å²) < 4.78 is 0. The van der Waals surface area contributed by atoms with Gasteiger partial charge >= 0.3 is 0 Å². The summed E-state index contributed by atoms with van der Waals surface area (Å²) in [5.41, 5.74) is 1.33. The Bertz CT molecular complexity index is 428. The first-order chi connectivity index (χ1) is 10.1. The molecule has 1 aliphatic heterocycles. The van der Waals surface area contributed by atoms with Crippen molar-refractivity contribution >= 4 is 11.3 Å². The number of likely N-dealkylation sites (tertiary alicyclic amines) is 1. The number of rotatable bonds is 7. The third-order valence-corrected chi connectivity index (χ3v) is 5.16. The van der Waals surface area contributed by atoms with E-state index in [4.69, 9.17) is 4.98 Å². The lowest BCUT2D eigenvalue weighted by Crippen LogP contribution is -2.33. The molecule has 1 unspecified atom stereocenters. The minimum Gasteiger partial charge on any atom is -0.310 e. The number of hydrogen-bond donors (Lipinski definition) is 1. The van der Waals surface area contributed by atoms with Gasteiger partial charge in [0.2, 0.25) is 0 Å². The predicted octanol–water partition coefficient (Wildman–Crippen LogP) is 3.83. The van der Waals surface area contributed by atoms with Crippen molar-refractivity contribution in [1.82, 2.24) is 15.2 Å². The second-order valence-electron chi connectivity index (χ2n) is 6.75. The fraction of sp³-hybridized carbons (Fsp3) is 0.824. The van der Waals surface area contributed by atoms with Crippen LogP contribution in [0.15, 0.2) is 0 Å². The lowest BCUT2D eigenvalue weighted by Gasteiger charge is -2.29. The molecule has 3 nitrogen and oxygen atoms in total. The Balaban J connectivity index is 2.00. The van der Waals surface area contributed by atoms with Crippen molar-refractivity contribution in [3.63, 3.8) is 0 Å². The van der Waals surface area contributed by atoms with Gasteiger partial charge in [0.15, 0.2) is 0 Å². The van der Waals surface area contributed by atoms with Crippen molar-refractivity contribution in [3.8, 4) is 0 Å². The van der Waals surface area contributed by atoms with E-state index in [0.29, 0.717) is 6.04 Å². The van der Waals surface area contributed by atoms with E-state index >= 15 is 0 Å². The number of nitrogens with one attached hydrogen (secondary N) is 1. The zero-order chi connectivity index (χ0) is 15.2. The molecule has 1 aromatic heterocycles. The Hall–Kier alpha value is -0.450. The lowest BCUT2D eigenvalue weighted by atomic mass is 10.0. The number of aromatic nitrogens is 1. The van der Waals surface area contributed by atoms with E-state index in [1.165, 1.54) is 47.9 Å². The quantitative estimate of drug-likeness (QED) is 0.830. The zero-order valence-corrected chi connectivity index (χ0v) is 14.9. The molecule has 2 heterocycles. The second kappa shape index (κ2) is 8.25. The van der Waals surface area contributed by atoms with E-state index in [1.807, 2.05) is 11.3 Å². The summed E-state index contributed by atoms with van der Waals surface area (Å²) in [5, 5.41) is 4.85. The second-order valence-corrected chi connectivity index (χ2v) is 7.91. The third-order valence-electron chi connectivity index (χ3n) is 4.08. The molecule has 21 heavy (non-hydrogen) atoms. The third kappa shape index (κ3) is 5.35. The van der Waals surface area contributed by atoms with Crippen molar-refractivity contribution in [2.45, 2.75) is 72.5 Å². The Morgan fingerprint density at radius 1 is 1.43 bits per heavy atom. The van der Waals surface area contributed by atoms with E-state index in [-0.39, 0.29) is 0 Å². The van der Waals surface area contributed by atoms with Gasteiger partial charge in [-0.3, -0.25) is 4.90 Å².